The van der Waals surface area contributed by atoms with Crippen molar-refractivity contribution in [3.05, 3.63) is 29.8 Å². The first-order valence-corrected chi connectivity index (χ1v) is 10.7. The summed E-state index contributed by atoms with van der Waals surface area (Å²) in [5.74, 6) is 1.13. The van der Waals surface area contributed by atoms with E-state index in [9.17, 15) is 0 Å². The van der Waals surface area contributed by atoms with E-state index < -0.39 is 0 Å². The summed E-state index contributed by atoms with van der Waals surface area (Å²) in [5.41, 5.74) is 7.12. The Bertz CT molecular complexity index is 391. The molecule has 4 heteroatoms. The zero-order valence-electron chi connectivity index (χ0n) is 18.0. The molecular weight excluding hydrogens is 326 g/mol. The summed E-state index contributed by atoms with van der Waals surface area (Å²) >= 11 is 1.71. The van der Waals surface area contributed by atoms with Crippen molar-refractivity contribution in [1.82, 2.24) is 10.0 Å². The van der Waals surface area contributed by atoms with E-state index >= 15 is 0 Å². The van der Waals surface area contributed by atoms with Crippen molar-refractivity contribution in [1.29, 1.82) is 0 Å². The lowest BCUT2D eigenvalue weighted by atomic mass is 10.0. The minimum atomic E-state index is 0.387. The predicted octanol–water partition coefficient (Wildman–Crippen LogP) is 5.24. The quantitative estimate of drug-likeness (QED) is 0.521. The highest BCUT2D eigenvalue weighted by molar-refractivity contribution is 7.97. The molecule has 0 aliphatic heterocycles. The Labute approximate surface area is 162 Å². The maximum absolute atomic E-state index is 5.83. The molecule has 0 spiro atoms. The van der Waals surface area contributed by atoms with Gasteiger partial charge < -0.3 is 11.1 Å². The summed E-state index contributed by atoms with van der Waals surface area (Å²) in [5, 5.41) is 3.59. The van der Waals surface area contributed by atoms with E-state index in [4.69, 9.17) is 5.73 Å². The van der Waals surface area contributed by atoms with Gasteiger partial charge in [-0.3, -0.25) is 4.72 Å². The van der Waals surface area contributed by atoms with Gasteiger partial charge in [0.2, 0.25) is 0 Å². The Balaban J connectivity index is 0. The van der Waals surface area contributed by atoms with Crippen LogP contribution in [0.25, 0.3) is 0 Å². The molecule has 0 saturated heterocycles. The summed E-state index contributed by atoms with van der Waals surface area (Å²) in [6.07, 6.45) is 0. The highest BCUT2D eigenvalue weighted by Gasteiger charge is 2.17. The minimum absolute atomic E-state index is 0.387. The lowest BCUT2D eigenvalue weighted by Crippen LogP contribution is -2.47. The van der Waals surface area contributed by atoms with Crippen molar-refractivity contribution in [2.45, 2.75) is 79.3 Å². The smallest absolute Gasteiger partial charge is 0.0323 e. The molecule has 0 aromatic heterocycles. The molecule has 0 heterocycles. The Morgan fingerprint density at radius 2 is 1.36 bits per heavy atom. The molecular formula is C21H43N3S. The van der Waals surface area contributed by atoms with E-state index in [1.807, 2.05) is 27.7 Å². The van der Waals surface area contributed by atoms with Crippen molar-refractivity contribution in [3.63, 3.8) is 0 Å². The Hall–Kier alpha value is -0.550. The summed E-state index contributed by atoms with van der Waals surface area (Å²) < 4.78 is 3.59. The van der Waals surface area contributed by atoms with Gasteiger partial charge >= 0.3 is 0 Å². The van der Waals surface area contributed by atoms with Crippen LogP contribution in [-0.4, -0.2) is 25.2 Å². The van der Waals surface area contributed by atoms with Crippen molar-refractivity contribution >= 4 is 11.9 Å². The van der Waals surface area contributed by atoms with Crippen LogP contribution < -0.4 is 15.8 Å². The van der Waals surface area contributed by atoms with Gasteiger partial charge in [0, 0.05) is 30.1 Å². The van der Waals surface area contributed by atoms with Crippen LogP contribution in [0.2, 0.25) is 0 Å². The third-order valence-corrected chi connectivity index (χ3v) is 4.74. The van der Waals surface area contributed by atoms with E-state index in [0.29, 0.717) is 30.5 Å². The summed E-state index contributed by atoms with van der Waals surface area (Å²) in [6.45, 7) is 20.7. The minimum Gasteiger partial charge on any atom is -0.329 e. The fourth-order valence-corrected chi connectivity index (χ4v) is 2.95. The van der Waals surface area contributed by atoms with Crippen LogP contribution in [-0.2, 0) is 0 Å². The molecule has 0 saturated carbocycles. The monoisotopic (exact) mass is 369 g/mol. The molecule has 0 aliphatic carbocycles. The molecule has 0 fully saturated rings. The zero-order valence-corrected chi connectivity index (χ0v) is 18.8. The van der Waals surface area contributed by atoms with Gasteiger partial charge in [0.1, 0.15) is 0 Å². The van der Waals surface area contributed by atoms with Crippen molar-refractivity contribution < 1.29 is 0 Å². The number of aryl methyl sites for hydroxylation is 1. The standard InChI is InChI=1S/C17H31N3S.2C2H6/c1-12(2)16(10-18)19-11-17(13(3)4)20-21-15-8-6-14(5)7-9-15;2*1-2/h6-9,12-13,16-17,19-20H,10-11,18H2,1-5H3;2*1-2H3. The fourth-order valence-electron chi connectivity index (χ4n) is 2.03. The molecule has 25 heavy (non-hydrogen) atoms. The Kier molecular flexibility index (Phi) is 18.0. The summed E-state index contributed by atoms with van der Waals surface area (Å²) in [4.78, 5) is 1.26. The second-order valence-corrected chi connectivity index (χ2v) is 7.29. The first-order valence-electron chi connectivity index (χ1n) is 9.86. The van der Waals surface area contributed by atoms with Crippen LogP contribution in [0.5, 0.6) is 0 Å². The molecule has 1 aromatic rings. The van der Waals surface area contributed by atoms with Crippen LogP contribution >= 0.6 is 11.9 Å². The largest absolute Gasteiger partial charge is 0.329 e. The number of nitrogens with one attached hydrogen (secondary N) is 2. The number of nitrogens with two attached hydrogens (primary N) is 1. The number of benzene rings is 1. The average Bonchev–Trinajstić information content (AvgIpc) is 2.62. The van der Waals surface area contributed by atoms with Gasteiger partial charge in [0.15, 0.2) is 0 Å². The Morgan fingerprint density at radius 3 is 1.76 bits per heavy atom. The fraction of sp³-hybridized carbons (Fsp3) is 0.714. The molecule has 0 amide bonds. The molecule has 2 unspecified atom stereocenters. The highest BCUT2D eigenvalue weighted by atomic mass is 32.2. The SMILES string of the molecule is CC.CC.Cc1ccc(SNC(CNC(CN)C(C)C)C(C)C)cc1. The van der Waals surface area contributed by atoms with E-state index in [0.717, 1.165) is 6.54 Å². The van der Waals surface area contributed by atoms with Crippen LogP contribution in [0.4, 0.5) is 0 Å². The molecule has 2 atom stereocenters. The molecule has 4 N–H and O–H groups in total. The van der Waals surface area contributed by atoms with Crippen LogP contribution in [0.3, 0.4) is 0 Å². The van der Waals surface area contributed by atoms with Gasteiger partial charge in [-0.05, 0) is 42.8 Å². The molecule has 0 aliphatic rings. The first kappa shape index (κ1) is 26.7. The number of hydrogen-bond acceptors (Lipinski definition) is 4. The second kappa shape index (κ2) is 16.9. The lowest BCUT2D eigenvalue weighted by Gasteiger charge is -2.27. The molecule has 1 aromatic carbocycles. The molecule has 3 nitrogen and oxygen atoms in total. The maximum Gasteiger partial charge on any atom is 0.0323 e. The molecule has 1 rings (SSSR count). The van der Waals surface area contributed by atoms with Crippen LogP contribution in [0.1, 0.15) is 61.0 Å². The molecule has 0 radical (unpaired) electrons. The highest BCUT2D eigenvalue weighted by Crippen LogP contribution is 2.17. The van der Waals surface area contributed by atoms with Gasteiger partial charge in [-0.25, -0.2) is 0 Å². The molecule has 0 bridgehead atoms. The van der Waals surface area contributed by atoms with Gasteiger partial charge in [-0.1, -0.05) is 73.1 Å². The van der Waals surface area contributed by atoms with Gasteiger partial charge in [0.05, 0.1) is 0 Å². The third-order valence-electron chi connectivity index (χ3n) is 3.81. The van der Waals surface area contributed by atoms with Gasteiger partial charge in [-0.2, -0.15) is 0 Å². The third kappa shape index (κ3) is 12.4. The topological polar surface area (TPSA) is 50.1 Å². The van der Waals surface area contributed by atoms with Gasteiger partial charge in [0.25, 0.3) is 0 Å². The maximum atomic E-state index is 5.83. The van der Waals surface area contributed by atoms with Gasteiger partial charge in [-0.15, -0.1) is 0 Å². The van der Waals surface area contributed by atoms with Crippen LogP contribution in [0.15, 0.2) is 29.2 Å². The normalized spacial score (nSPS) is 12.8. The zero-order chi connectivity index (χ0) is 19.8. The van der Waals surface area contributed by atoms with Crippen LogP contribution in [0, 0.1) is 18.8 Å². The van der Waals surface area contributed by atoms with E-state index in [2.05, 4.69) is 68.9 Å². The molecule has 148 valence electrons. The van der Waals surface area contributed by atoms with Crippen molar-refractivity contribution in [2.24, 2.45) is 17.6 Å². The van der Waals surface area contributed by atoms with E-state index in [1.165, 1.54) is 10.5 Å². The lowest BCUT2D eigenvalue weighted by molar-refractivity contribution is 0.358. The Morgan fingerprint density at radius 1 is 0.880 bits per heavy atom. The van der Waals surface area contributed by atoms with Crippen molar-refractivity contribution in [3.8, 4) is 0 Å². The summed E-state index contributed by atoms with van der Waals surface area (Å²) in [7, 11) is 0. The second-order valence-electron chi connectivity index (χ2n) is 6.38. The van der Waals surface area contributed by atoms with E-state index in [-0.39, 0.29) is 0 Å². The van der Waals surface area contributed by atoms with E-state index in [1.54, 1.807) is 11.9 Å². The summed E-state index contributed by atoms with van der Waals surface area (Å²) in [6, 6.07) is 9.43. The first-order chi connectivity index (χ1) is 11.9. The number of rotatable bonds is 9. The average molecular weight is 370 g/mol. The number of hydrogen-bond donors (Lipinski definition) is 3. The predicted molar refractivity (Wildman–Crippen MR) is 117 cm³/mol. The van der Waals surface area contributed by atoms with Crippen molar-refractivity contribution in [2.75, 3.05) is 13.1 Å².